The van der Waals surface area contributed by atoms with Gasteiger partial charge in [-0.3, -0.25) is 0 Å². The van der Waals surface area contributed by atoms with Crippen molar-refractivity contribution in [2.75, 3.05) is 5.73 Å². The first-order valence-electron chi connectivity index (χ1n) is 4.71. The van der Waals surface area contributed by atoms with Crippen LogP contribution in [0, 0.1) is 6.92 Å². The Balaban J connectivity index is 3.00. The number of hydrogen-bond donors (Lipinski definition) is 1. The van der Waals surface area contributed by atoms with Gasteiger partial charge in [0.15, 0.2) is 0 Å². The van der Waals surface area contributed by atoms with Gasteiger partial charge in [-0.05, 0) is 19.1 Å². The molecule has 0 aliphatic carbocycles. The third-order valence-electron chi connectivity index (χ3n) is 2.38. The van der Waals surface area contributed by atoms with E-state index in [4.69, 9.17) is 10.2 Å². The molecule has 3 nitrogen and oxygen atoms in total. The molecule has 2 aromatic rings. The lowest BCUT2D eigenvalue weighted by atomic mass is 10.1. The van der Waals surface area contributed by atoms with Crippen molar-refractivity contribution in [2.24, 2.45) is 0 Å². The minimum atomic E-state index is -4.69. The van der Waals surface area contributed by atoms with E-state index < -0.39 is 23.1 Å². The first-order chi connectivity index (χ1) is 7.80. The highest BCUT2D eigenvalue weighted by Gasteiger charge is 2.37. The molecule has 1 heterocycles. The highest BCUT2D eigenvalue weighted by molar-refractivity contribution is 5.85. The highest BCUT2D eigenvalue weighted by atomic mass is 19.4. The molecule has 1 aromatic heterocycles. The monoisotopic (exact) mass is 243 g/mol. The summed E-state index contributed by atoms with van der Waals surface area (Å²) in [4.78, 5) is 11.2. The van der Waals surface area contributed by atoms with Gasteiger partial charge < -0.3 is 10.2 Å². The predicted octanol–water partition coefficient (Wildman–Crippen LogP) is 2.70. The van der Waals surface area contributed by atoms with Crippen LogP contribution in [0.4, 0.5) is 18.9 Å². The zero-order valence-corrected chi connectivity index (χ0v) is 8.76. The van der Waals surface area contributed by atoms with Crippen molar-refractivity contribution in [3.8, 4) is 0 Å². The van der Waals surface area contributed by atoms with Gasteiger partial charge in [-0.15, -0.1) is 0 Å². The maximum Gasteiger partial charge on any atom is 0.419 e. The minimum Gasteiger partial charge on any atom is -0.421 e. The van der Waals surface area contributed by atoms with Gasteiger partial charge in [0, 0.05) is 5.39 Å². The standard InChI is InChI=1S/C11H8F3NO2/c1-5-2-3-7-6(4-5)8(11(12,13)14)9(15)10(16)17-7/h2-4H,15H2,1H3. The van der Waals surface area contributed by atoms with Gasteiger partial charge in [-0.2, -0.15) is 13.2 Å². The first kappa shape index (κ1) is 11.5. The van der Waals surface area contributed by atoms with Crippen molar-refractivity contribution >= 4 is 16.7 Å². The summed E-state index contributed by atoms with van der Waals surface area (Å²) in [6.45, 7) is 1.64. The lowest BCUT2D eigenvalue weighted by Crippen LogP contribution is -2.17. The number of nitrogens with two attached hydrogens (primary N) is 1. The summed E-state index contributed by atoms with van der Waals surface area (Å²) in [6.07, 6.45) is -4.69. The summed E-state index contributed by atoms with van der Waals surface area (Å²) < 4.78 is 43.2. The average Bonchev–Trinajstić information content (AvgIpc) is 2.18. The van der Waals surface area contributed by atoms with Crippen molar-refractivity contribution in [2.45, 2.75) is 13.1 Å². The lowest BCUT2D eigenvalue weighted by Gasteiger charge is -2.11. The van der Waals surface area contributed by atoms with E-state index in [2.05, 4.69) is 0 Å². The van der Waals surface area contributed by atoms with Crippen LogP contribution in [0.25, 0.3) is 11.0 Å². The third-order valence-corrected chi connectivity index (χ3v) is 2.38. The van der Waals surface area contributed by atoms with Crippen LogP contribution in [0.3, 0.4) is 0 Å². The van der Waals surface area contributed by atoms with Crippen LogP contribution in [-0.4, -0.2) is 0 Å². The molecule has 17 heavy (non-hydrogen) atoms. The molecule has 0 radical (unpaired) electrons. The second-order valence-electron chi connectivity index (χ2n) is 3.68. The minimum absolute atomic E-state index is 0.123. The normalized spacial score (nSPS) is 12.0. The summed E-state index contributed by atoms with van der Waals surface area (Å²) in [7, 11) is 0. The van der Waals surface area contributed by atoms with Crippen LogP contribution in [0.2, 0.25) is 0 Å². The molecule has 0 unspecified atom stereocenters. The van der Waals surface area contributed by atoms with Crippen LogP contribution >= 0.6 is 0 Å². The number of hydrogen-bond acceptors (Lipinski definition) is 3. The molecule has 90 valence electrons. The van der Waals surface area contributed by atoms with Gasteiger partial charge in [-0.25, -0.2) is 4.79 Å². The van der Waals surface area contributed by atoms with Gasteiger partial charge in [-0.1, -0.05) is 11.6 Å². The summed E-state index contributed by atoms with van der Waals surface area (Å²) in [5.41, 5.74) is 2.45. The molecule has 0 saturated carbocycles. The fraction of sp³-hybridized carbons (Fsp3) is 0.182. The topological polar surface area (TPSA) is 56.2 Å². The molecule has 1 aromatic carbocycles. The number of fused-ring (bicyclic) bond motifs is 1. The molecule has 0 atom stereocenters. The van der Waals surface area contributed by atoms with E-state index in [-0.39, 0.29) is 11.0 Å². The average molecular weight is 243 g/mol. The van der Waals surface area contributed by atoms with E-state index in [1.807, 2.05) is 0 Å². The van der Waals surface area contributed by atoms with Crippen molar-refractivity contribution in [3.63, 3.8) is 0 Å². The Morgan fingerprint density at radius 2 is 1.94 bits per heavy atom. The van der Waals surface area contributed by atoms with Gasteiger partial charge in [0.05, 0.1) is 5.56 Å². The van der Waals surface area contributed by atoms with Crippen LogP contribution < -0.4 is 11.4 Å². The summed E-state index contributed by atoms with van der Waals surface area (Å²) >= 11 is 0. The fourth-order valence-electron chi connectivity index (χ4n) is 1.64. The van der Waals surface area contributed by atoms with Crippen LogP contribution in [0.15, 0.2) is 27.4 Å². The SMILES string of the molecule is Cc1ccc2oc(=O)c(N)c(C(F)(F)F)c2c1. The van der Waals surface area contributed by atoms with Crippen LogP contribution in [0.1, 0.15) is 11.1 Å². The lowest BCUT2D eigenvalue weighted by molar-refractivity contribution is -0.135. The van der Waals surface area contributed by atoms with Gasteiger partial charge in [0.2, 0.25) is 0 Å². The smallest absolute Gasteiger partial charge is 0.419 e. The molecule has 0 amide bonds. The Kier molecular flexibility index (Phi) is 2.38. The van der Waals surface area contributed by atoms with Crippen LogP contribution in [0.5, 0.6) is 0 Å². The van der Waals surface area contributed by atoms with E-state index >= 15 is 0 Å². The molecule has 6 heteroatoms. The Bertz CT molecular complexity index is 643. The number of nitrogen functional groups attached to an aromatic ring is 1. The molecule has 0 spiro atoms. The number of benzene rings is 1. The summed E-state index contributed by atoms with van der Waals surface area (Å²) in [5.74, 6) is 0. The second-order valence-corrected chi connectivity index (χ2v) is 3.68. The van der Waals surface area contributed by atoms with Crippen molar-refractivity contribution in [3.05, 3.63) is 39.7 Å². The quantitative estimate of drug-likeness (QED) is 0.724. The Morgan fingerprint density at radius 1 is 1.29 bits per heavy atom. The van der Waals surface area contributed by atoms with E-state index in [0.29, 0.717) is 5.56 Å². The number of rotatable bonds is 0. The molecule has 0 aliphatic heterocycles. The third kappa shape index (κ3) is 1.86. The zero-order valence-electron chi connectivity index (χ0n) is 8.76. The summed E-state index contributed by atoms with van der Waals surface area (Å²) in [5, 5.41) is -0.199. The van der Waals surface area contributed by atoms with E-state index in [9.17, 15) is 18.0 Å². The molecule has 0 saturated heterocycles. The van der Waals surface area contributed by atoms with Crippen LogP contribution in [-0.2, 0) is 6.18 Å². The maximum absolute atomic E-state index is 12.8. The highest BCUT2D eigenvalue weighted by Crippen LogP contribution is 2.37. The Hall–Kier alpha value is -1.98. The molecule has 0 fully saturated rings. The van der Waals surface area contributed by atoms with Crippen molar-refractivity contribution in [1.82, 2.24) is 0 Å². The fourth-order valence-corrected chi connectivity index (χ4v) is 1.64. The molecular formula is C11H8F3NO2. The zero-order chi connectivity index (χ0) is 12.8. The molecule has 0 bridgehead atoms. The van der Waals surface area contributed by atoms with E-state index in [0.717, 1.165) is 0 Å². The Labute approximate surface area is 93.6 Å². The van der Waals surface area contributed by atoms with Crippen molar-refractivity contribution < 1.29 is 17.6 Å². The predicted molar refractivity (Wildman–Crippen MR) is 56.6 cm³/mol. The molecule has 2 N–H and O–H groups in total. The number of aryl methyl sites for hydroxylation is 1. The van der Waals surface area contributed by atoms with Gasteiger partial charge in [0.1, 0.15) is 11.3 Å². The molecule has 2 rings (SSSR count). The van der Waals surface area contributed by atoms with Gasteiger partial charge >= 0.3 is 11.8 Å². The number of alkyl halides is 3. The second kappa shape index (κ2) is 3.51. The van der Waals surface area contributed by atoms with E-state index in [1.165, 1.54) is 12.1 Å². The maximum atomic E-state index is 12.8. The summed E-state index contributed by atoms with van der Waals surface area (Å²) in [6, 6.07) is 4.17. The molecular weight excluding hydrogens is 235 g/mol. The number of anilines is 1. The number of halogens is 3. The van der Waals surface area contributed by atoms with Crippen molar-refractivity contribution in [1.29, 1.82) is 0 Å². The Morgan fingerprint density at radius 3 is 2.53 bits per heavy atom. The first-order valence-corrected chi connectivity index (χ1v) is 4.71. The van der Waals surface area contributed by atoms with Gasteiger partial charge in [0.25, 0.3) is 0 Å². The largest absolute Gasteiger partial charge is 0.421 e. The van der Waals surface area contributed by atoms with E-state index in [1.54, 1.807) is 13.0 Å². The molecule has 0 aliphatic rings.